The minimum Gasteiger partial charge on any atom is -0.393 e. The molecule has 2 N–H and O–H groups in total. The van der Waals surface area contributed by atoms with E-state index in [4.69, 9.17) is 5.73 Å². The fraction of sp³-hybridized carbons (Fsp3) is 0.0769. The SMILES string of the molecule is CN1C(=O)c2cccc3c(N)c([N+](=O)[O-])cc(c23)C1=O. The van der Waals surface area contributed by atoms with E-state index in [1.807, 2.05) is 0 Å². The van der Waals surface area contributed by atoms with Crippen LogP contribution in [0.25, 0.3) is 10.8 Å². The van der Waals surface area contributed by atoms with E-state index in [0.29, 0.717) is 16.3 Å². The Bertz CT molecular complexity index is 813. The number of nitrogen functional groups attached to an aromatic ring is 1. The highest BCUT2D eigenvalue weighted by molar-refractivity contribution is 6.27. The minimum atomic E-state index is -0.637. The molecule has 20 heavy (non-hydrogen) atoms. The number of imide groups is 1. The van der Waals surface area contributed by atoms with Crippen LogP contribution in [0.5, 0.6) is 0 Å². The van der Waals surface area contributed by atoms with Crippen LogP contribution in [0.3, 0.4) is 0 Å². The van der Waals surface area contributed by atoms with Crippen LogP contribution in [0.15, 0.2) is 24.3 Å². The van der Waals surface area contributed by atoms with Gasteiger partial charge in [0.2, 0.25) is 0 Å². The summed E-state index contributed by atoms with van der Waals surface area (Å²) >= 11 is 0. The van der Waals surface area contributed by atoms with Crippen LogP contribution in [0.1, 0.15) is 20.7 Å². The zero-order valence-corrected chi connectivity index (χ0v) is 10.4. The molecule has 0 saturated heterocycles. The Kier molecular flexibility index (Phi) is 2.28. The highest BCUT2D eigenvalue weighted by atomic mass is 16.6. The number of nitro groups is 1. The van der Waals surface area contributed by atoms with E-state index < -0.39 is 16.7 Å². The van der Waals surface area contributed by atoms with Gasteiger partial charge in [-0.15, -0.1) is 0 Å². The molecule has 2 amide bonds. The second-order valence-electron chi connectivity index (χ2n) is 4.51. The van der Waals surface area contributed by atoms with Crippen molar-refractivity contribution >= 4 is 34.0 Å². The second kappa shape index (κ2) is 3.77. The van der Waals surface area contributed by atoms with E-state index in [1.165, 1.54) is 7.05 Å². The molecule has 0 fully saturated rings. The maximum absolute atomic E-state index is 12.1. The van der Waals surface area contributed by atoms with Crippen molar-refractivity contribution in [1.82, 2.24) is 4.90 Å². The van der Waals surface area contributed by atoms with Crippen LogP contribution >= 0.6 is 0 Å². The molecule has 0 bridgehead atoms. The van der Waals surface area contributed by atoms with Gasteiger partial charge in [-0.3, -0.25) is 24.6 Å². The molecule has 0 radical (unpaired) electrons. The summed E-state index contributed by atoms with van der Waals surface area (Å²) < 4.78 is 0. The molecular weight excluding hydrogens is 262 g/mol. The maximum Gasteiger partial charge on any atom is 0.293 e. The number of carbonyl (C=O) groups is 2. The fourth-order valence-electron chi connectivity index (χ4n) is 2.44. The molecular formula is C13H9N3O4. The normalized spacial score (nSPS) is 13.9. The fourth-order valence-corrected chi connectivity index (χ4v) is 2.44. The number of nitrogens with zero attached hydrogens (tertiary/aromatic N) is 2. The van der Waals surface area contributed by atoms with Gasteiger partial charge in [-0.2, -0.15) is 0 Å². The van der Waals surface area contributed by atoms with Crippen molar-refractivity contribution in [3.05, 3.63) is 45.5 Å². The molecule has 1 aliphatic heterocycles. The number of hydrogen-bond acceptors (Lipinski definition) is 5. The lowest BCUT2D eigenvalue weighted by molar-refractivity contribution is -0.383. The van der Waals surface area contributed by atoms with Gasteiger partial charge in [0, 0.05) is 29.4 Å². The van der Waals surface area contributed by atoms with Gasteiger partial charge in [0.1, 0.15) is 5.69 Å². The summed E-state index contributed by atoms with van der Waals surface area (Å²) in [4.78, 5) is 35.5. The summed E-state index contributed by atoms with van der Waals surface area (Å²) in [5, 5.41) is 11.7. The number of carbonyl (C=O) groups excluding carboxylic acids is 2. The average Bonchev–Trinajstić information content (AvgIpc) is 2.43. The van der Waals surface area contributed by atoms with E-state index in [1.54, 1.807) is 18.2 Å². The zero-order valence-electron chi connectivity index (χ0n) is 10.4. The third-order valence-corrected chi connectivity index (χ3v) is 3.45. The predicted molar refractivity (Wildman–Crippen MR) is 71.4 cm³/mol. The molecule has 0 aliphatic carbocycles. The van der Waals surface area contributed by atoms with Crippen LogP contribution in [-0.2, 0) is 0 Å². The van der Waals surface area contributed by atoms with Crippen LogP contribution in [0, 0.1) is 10.1 Å². The minimum absolute atomic E-state index is 0.0410. The van der Waals surface area contributed by atoms with Gasteiger partial charge in [0.05, 0.1) is 10.5 Å². The molecule has 0 atom stereocenters. The lowest BCUT2D eigenvalue weighted by Gasteiger charge is -2.24. The summed E-state index contributed by atoms with van der Waals surface area (Å²) in [6.45, 7) is 0. The number of anilines is 1. The van der Waals surface area contributed by atoms with Gasteiger partial charge in [0.15, 0.2) is 0 Å². The number of amides is 2. The summed E-state index contributed by atoms with van der Waals surface area (Å²) in [6, 6.07) is 5.86. The smallest absolute Gasteiger partial charge is 0.293 e. The molecule has 3 rings (SSSR count). The molecule has 0 unspecified atom stereocenters. The molecule has 7 heteroatoms. The van der Waals surface area contributed by atoms with E-state index in [2.05, 4.69) is 0 Å². The summed E-state index contributed by atoms with van der Waals surface area (Å²) in [7, 11) is 1.34. The number of hydrogen-bond donors (Lipinski definition) is 1. The average molecular weight is 271 g/mol. The van der Waals surface area contributed by atoms with Gasteiger partial charge in [-0.1, -0.05) is 12.1 Å². The number of rotatable bonds is 1. The van der Waals surface area contributed by atoms with Crippen molar-refractivity contribution in [3.8, 4) is 0 Å². The van der Waals surface area contributed by atoms with Gasteiger partial charge in [-0.05, 0) is 6.07 Å². The Morgan fingerprint density at radius 2 is 1.85 bits per heavy atom. The molecule has 0 spiro atoms. The lowest BCUT2D eigenvalue weighted by atomic mass is 9.92. The number of nitrogens with two attached hydrogens (primary N) is 1. The number of nitro benzene ring substituents is 1. The summed E-state index contributed by atoms with van der Waals surface area (Å²) in [5.41, 5.74) is 5.85. The highest BCUT2D eigenvalue weighted by Gasteiger charge is 2.33. The molecule has 1 aliphatic rings. The first kappa shape index (κ1) is 12.1. The quantitative estimate of drug-likeness (QED) is 0.366. The van der Waals surface area contributed by atoms with Crippen LogP contribution in [0.2, 0.25) is 0 Å². The highest BCUT2D eigenvalue weighted by Crippen LogP contribution is 2.38. The van der Waals surface area contributed by atoms with Gasteiger partial charge in [0.25, 0.3) is 17.5 Å². The van der Waals surface area contributed by atoms with Crippen LogP contribution in [-0.4, -0.2) is 28.7 Å². The molecule has 7 nitrogen and oxygen atoms in total. The maximum atomic E-state index is 12.1. The molecule has 0 aromatic heterocycles. The second-order valence-corrected chi connectivity index (χ2v) is 4.51. The van der Waals surface area contributed by atoms with Crippen molar-refractivity contribution in [2.75, 3.05) is 12.8 Å². The summed E-state index contributed by atoms with van der Waals surface area (Å²) in [5.74, 6) is -1.01. The first-order valence-corrected chi connectivity index (χ1v) is 5.75. The third-order valence-electron chi connectivity index (χ3n) is 3.45. The molecule has 0 saturated carbocycles. The standard InChI is InChI=1S/C13H9N3O4/c1-15-12(17)7-4-2-3-6-10(7)8(13(15)18)5-9(11(6)14)16(19)20/h2-5H,14H2,1H3. The van der Waals surface area contributed by atoms with E-state index in [0.717, 1.165) is 11.0 Å². The monoisotopic (exact) mass is 271 g/mol. The van der Waals surface area contributed by atoms with E-state index in [-0.39, 0.29) is 16.9 Å². The van der Waals surface area contributed by atoms with Crippen molar-refractivity contribution in [2.45, 2.75) is 0 Å². The van der Waals surface area contributed by atoms with Crippen molar-refractivity contribution in [2.24, 2.45) is 0 Å². The van der Waals surface area contributed by atoms with Crippen LogP contribution < -0.4 is 5.73 Å². The largest absolute Gasteiger partial charge is 0.393 e. The first-order chi connectivity index (χ1) is 9.43. The lowest BCUT2D eigenvalue weighted by Crippen LogP contribution is -2.37. The van der Waals surface area contributed by atoms with Crippen molar-refractivity contribution in [3.63, 3.8) is 0 Å². The van der Waals surface area contributed by atoms with Gasteiger partial charge >= 0.3 is 0 Å². The first-order valence-electron chi connectivity index (χ1n) is 5.75. The Morgan fingerprint density at radius 1 is 1.20 bits per heavy atom. The Morgan fingerprint density at radius 3 is 2.50 bits per heavy atom. The predicted octanol–water partition coefficient (Wildman–Crippen LogP) is 1.56. The summed E-state index contributed by atoms with van der Waals surface area (Å²) in [6.07, 6.45) is 0. The van der Waals surface area contributed by atoms with Gasteiger partial charge < -0.3 is 5.73 Å². The Balaban J connectivity index is 2.54. The molecule has 1 heterocycles. The van der Waals surface area contributed by atoms with Gasteiger partial charge in [-0.25, -0.2) is 0 Å². The molecule has 2 aromatic rings. The molecule has 2 aromatic carbocycles. The Hall–Kier alpha value is -2.96. The van der Waals surface area contributed by atoms with E-state index in [9.17, 15) is 19.7 Å². The third kappa shape index (κ3) is 1.34. The van der Waals surface area contributed by atoms with E-state index >= 15 is 0 Å². The van der Waals surface area contributed by atoms with Crippen molar-refractivity contribution < 1.29 is 14.5 Å². The Labute approximate surface area is 112 Å². The van der Waals surface area contributed by atoms with Crippen LogP contribution in [0.4, 0.5) is 11.4 Å². The topological polar surface area (TPSA) is 107 Å². The van der Waals surface area contributed by atoms with Crippen molar-refractivity contribution in [1.29, 1.82) is 0 Å². The zero-order chi connectivity index (χ0) is 14.6. The molecule has 100 valence electrons. The number of benzene rings is 2.